The summed E-state index contributed by atoms with van der Waals surface area (Å²) >= 11 is 1.78. The first-order chi connectivity index (χ1) is 14.6. The van der Waals surface area contributed by atoms with E-state index < -0.39 is 0 Å². The lowest BCUT2D eigenvalue weighted by molar-refractivity contribution is 0.172. The van der Waals surface area contributed by atoms with Gasteiger partial charge in [-0.1, -0.05) is 13.0 Å². The molecule has 1 aliphatic rings. The molecule has 0 atom stereocenters. The van der Waals surface area contributed by atoms with Crippen LogP contribution in [0.25, 0.3) is 0 Å². The zero-order chi connectivity index (χ0) is 21.3. The molecule has 1 fully saturated rings. The first kappa shape index (κ1) is 22.5. The number of halogens is 1. The van der Waals surface area contributed by atoms with Crippen LogP contribution in [0, 0.1) is 5.82 Å². The molecule has 8 heteroatoms. The van der Waals surface area contributed by atoms with Gasteiger partial charge in [-0.2, -0.15) is 0 Å². The number of guanidine groups is 1. The first-order valence-electron chi connectivity index (χ1n) is 10.6. The van der Waals surface area contributed by atoms with E-state index in [1.165, 1.54) is 12.0 Å². The van der Waals surface area contributed by atoms with E-state index in [0.29, 0.717) is 5.75 Å². The van der Waals surface area contributed by atoms with Crippen LogP contribution in [0.3, 0.4) is 0 Å². The molecule has 0 amide bonds. The van der Waals surface area contributed by atoms with Crippen LogP contribution in [0.5, 0.6) is 5.75 Å². The number of rotatable bonds is 8. The number of aromatic nitrogens is 1. The molecule has 6 nitrogen and oxygen atoms in total. The number of ether oxygens (including phenoxy) is 1. The van der Waals surface area contributed by atoms with E-state index in [1.54, 1.807) is 23.5 Å². The van der Waals surface area contributed by atoms with Crippen molar-refractivity contribution in [2.24, 2.45) is 4.99 Å². The summed E-state index contributed by atoms with van der Waals surface area (Å²) in [6.45, 7) is 10.2. The second-order valence-electron chi connectivity index (χ2n) is 7.29. The summed E-state index contributed by atoms with van der Waals surface area (Å²) in [5, 5.41) is 4.57. The van der Waals surface area contributed by atoms with Crippen LogP contribution in [0.15, 0.2) is 29.4 Å². The number of benzene rings is 1. The Kier molecular flexibility index (Phi) is 8.45. The molecule has 1 saturated heterocycles. The molecule has 0 unspecified atom stereocenters. The lowest BCUT2D eigenvalue weighted by Gasteiger charge is -2.36. The summed E-state index contributed by atoms with van der Waals surface area (Å²) in [4.78, 5) is 15.3. The van der Waals surface area contributed by atoms with Crippen molar-refractivity contribution in [3.05, 3.63) is 45.7 Å². The molecule has 1 N–H and O–H groups in total. The lowest BCUT2D eigenvalue weighted by atomic mass is 10.2. The fourth-order valence-electron chi connectivity index (χ4n) is 3.49. The van der Waals surface area contributed by atoms with Crippen LogP contribution in [0.2, 0.25) is 0 Å². The Morgan fingerprint density at radius 2 is 2.07 bits per heavy atom. The number of thiazole rings is 1. The average molecular weight is 434 g/mol. The Hall–Kier alpha value is -2.19. The first-order valence-corrected chi connectivity index (χ1v) is 11.5. The van der Waals surface area contributed by atoms with E-state index >= 15 is 0 Å². The minimum atomic E-state index is -0.304. The van der Waals surface area contributed by atoms with Gasteiger partial charge in [0.15, 0.2) is 17.5 Å². The summed E-state index contributed by atoms with van der Waals surface area (Å²) in [6, 6.07) is 5.20. The minimum absolute atomic E-state index is 0.290. The number of aliphatic imine (C=N–C) groups is 1. The molecule has 0 radical (unpaired) electrons. The second-order valence-corrected chi connectivity index (χ2v) is 8.49. The van der Waals surface area contributed by atoms with Crippen molar-refractivity contribution in [2.45, 2.75) is 33.2 Å². The molecule has 2 aromatic rings. The average Bonchev–Trinajstić information content (AvgIpc) is 3.22. The topological polar surface area (TPSA) is 53.0 Å². The van der Waals surface area contributed by atoms with Gasteiger partial charge in [-0.15, -0.1) is 11.3 Å². The fourth-order valence-corrected chi connectivity index (χ4v) is 4.35. The SMILES string of the molecule is CCNC(=NCCc1ncc(CC)s1)N1CCN(Cc2ccc(OC)c(F)c2)CC1. The number of hydrogen-bond acceptors (Lipinski definition) is 5. The van der Waals surface area contributed by atoms with E-state index in [4.69, 9.17) is 9.73 Å². The summed E-state index contributed by atoms with van der Waals surface area (Å²) in [5.74, 6) is 0.958. The monoisotopic (exact) mass is 433 g/mol. The predicted molar refractivity (Wildman–Crippen MR) is 121 cm³/mol. The maximum Gasteiger partial charge on any atom is 0.194 e. The Bertz CT molecular complexity index is 833. The minimum Gasteiger partial charge on any atom is -0.494 e. The molecule has 1 aliphatic heterocycles. The molecular formula is C22H32FN5OS. The highest BCUT2D eigenvalue weighted by Crippen LogP contribution is 2.19. The van der Waals surface area contributed by atoms with E-state index in [-0.39, 0.29) is 5.82 Å². The van der Waals surface area contributed by atoms with E-state index in [1.807, 2.05) is 12.3 Å². The van der Waals surface area contributed by atoms with Crippen molar-refractivity contribution in [3.8, 4) is 5.75 Å². The highest BCUT2D eigenvalue weighted by Gasteiger charge is 2.20. The molecule has 0 saturated carbocycles. The molecule has 30 heavy (non-hydrogen) atoms. The van der Waals surface area contributed by atoms with Crippen molar-refractivity contribution in [2.75, 3.05) is 46.4 Å². The maximum absolute atomic E-state index is 13.9. The van der Waals surface area contributed by atoms with Crippen molar-refractivity contribution in [1.82, 2.24) is 20.1 Å². The number of nitrogens with one attached hydrogen (secondary N) is 1. The van der Waals surface area contributed by atoms with Crippen molar-refractivity contribution in [1.29, 1.82) is 0 Å². The number of methoxy groups -OCH3 is 1. The number of piperazine rings is 1. The molecule has 1 aromatic heterocycles. The molecule has 0 spiro atoms. The highest BCUT2D eigenvalue weighted by atomic mass is 32.1. The van der Waals surface area contributed by atoms with Gasteiger partial charge in [0.1, 0.15) is 0 Å². The van der Waals surface area contributed by atoms with E-state index in [0.717, 1.165) is 75.2 Å². The highest BCUT2D eigenvalue weighted by molar-refractivity contribution is 7.11. The lowest BCUT2D eigenvalue weighted by Crippen LogP contribution is -2.52. The molecule has 0 aliphatic carbocycles. The third kappa shape index (κ3) is 6.15. The quantitative estimate of drug-likeness (QED) is 0.512. The Balaban J connectivity index is 1.51. The third-order valence-corrected chi connectivity index (χ3v) is 6.37. The molecule has 0 bridgehead atoms. The fraction of sp³-hybridized carbons (Fsp3) is 0.545. The van der Waals surface area contributed by atoms with Crippen LogP contribution < -0.4 is 10.1 Å². The second kappa shape index (κ2) is 11.3. The van der Waals surface area contributed by atoms with Gasteiger partial charge in [-0.25, -0.2) is 9.37 Å². The van der Waals surface area contributed by atoms with Crippen LogP contribution in [-0.4, -0.2) is 67.1 Å². The van der Waals surface area contributed by atoms with Gasteiger partial charge >= 0.3 is 0 Å². The summed E-state index contributed by atoms with van der Waals surface area (Å²) in [6.07, 6.45) is 3.89. The predicted octanol–water partition coefficient (Wildman–Crippen LogP) is 3.18. The van der Waals surface area contributed by atoms with E-state index in [2.05, 4.69) is 33.9 Å². The van der Waals surface area contributed by atoms with Crippen molar-refractivity contribution < 1.29 is 9.13 Å². The van der Waals surface area contributed by atoms with Crippen LogP contribution >= 0.6 is 11.3 Å². The molecule has 3 rings (SSSR count). The Morgan fingerprint density at radius 3 is 2.70 bits per heavy atom. The van der Waals surface area contributed by atoms with Gasteiger partial charge < -0.3 is 15.0 Å². The maximum atomic E-state index is 13.9. The van der Waals surface area contributed by atoms with Crippen LogP contribution in [-0.2, 0) is 19.4 Å². The normalized spacial score (nSPS) is 15.5. The summed E-state index contributed by atoms with van der Waals surface area (Å²) in [7, 11) is 1.49. The van der Waals surface area contributed by atoms with Crippen LogP contribution in [0.4, 0.5) is 4.39 Å². The third-order valence-electron chi connectivity index (χ3n) is 5.17. The Labute approximate surface area is 182 Å². The number of nitrogens with zero attached hydrogens (tertiary/aromatic N) is 4. The molecule has 1 aromatic carbocycles. The van der Waals surface area contributed by atoms with Gasteiger partial charge in [-0.3, -0.25) is 9.89 Å². The zero-order valence-electron chi connectivity index (χ0n) is 18.2. The standard InChI is InChI=1S/C22H32FN5OS/c1-4-18-15-26-21(30-18)8-9-25-22(24-5-2)28-12-10-27(11-13-28)16-17-6-7-20(29-3)19(23)14-17/h6-7,14-15H,4-5,8-13,16H2,1-3H3,(H,24,25). The van der Waals surface area contributed by atoms with Gasteiger partial charge in [0.05, 0.1) is 12.1 Å². The molecule has 164 valence electrons. The van der Waals surface area contributed by atoms with Crippen molar-refractivity contribution >= 4 is 17.3 Å². The van der Waals surface area contributed by atoms with Gasteiger partial charge in [0.2, 0.25) is 0 Å². The molecular weight excluding hydrogens is 401 g/mol. The van der Waals surface area contributed by atoms with Crippen molar-refractivity contribution in [3.63, 3.8) is 0 Å². The van der Waals surface area contributed by atoms with Gasteiger partial charge in [0.25, 0.3) is 0 Å². The summed E-state index contributed by atoms with van der Waals surface area (Å²) < 4.78 is 18.9. The number of hydrogen-bond donors (Lipinski definition) is 1. The van der Waals surface area contributed by atoms with Gasteiger partial charge in [0, 0.05) is 63.3 Å². The Morgan fingerprint density at radius 1 is 1.27 bits per heavy atom. The van der Waals surface area contributed by atoms with Gasteiger partial charge in [-0.05, 0) is 31.0 Å². The van der Waals surface area contributed by atoms with E-state index in [9.17, 15) is 4.39 Å². The number of aryl methyl sites for hydroxylation is 1. The zero-order valence-corrected chi connectivity index (χ0v) is 19.0. The molecule has 2 heterocycles. The summed E-state index contributed by atoms with van der Waals surface area (Å²) in [5.41, 5.74) is 0.970. The largest absolute Gasteiger partial charge is 0.494 e. The smallest absolute Gasteiger partial charge is 0.194 e. The van der Waals surface area contributed by atoms with Crippen LogP contribution in [0.1, 0.15) is 29.3 Å².